The van der Waals surface area contributed by atoms with E-state index in [1.165, 1.54) is 0 Å². The van der Waals surface area contributed by atoms with Gasteiger partial charge >= 0.3 is 0 Å². The summed E-state index contributed by atoms with van der Waals surface area (Å²) in [6.45, 7) is 0.580. The Labute approximate surface area is 84.9 Å². The molecule has 3 rings (SSSR count). The summed E-state index contributed by atoms with van der Waals surface area (Å²) in [6.07, 6.45) is 1.78. The standard InChI is InChI=1S/C9H8N6/c1-2-4-8-7(3-1)10-6-15(8)5-9-11-13-14-12-9/h1-4,6H,5H2,(H,11,12,13,14). The van der Waals surface area contributed by atoms with Gasteiger partial charge in [0.05, 0.1) is 23.9 Å². The normalized spacial score (nSPS) is 10.9. The van der Waals surface area contributed by atoms with E-state index < -0.39 is 0 Å². The third-order valence-electron chi connectivity index (χ3n) is 2.23. The molecule has 15 heavy (non-hydrogen) atoms. The molecular weight excluding hydrogens is 192 g/mol. The van der Waals surface area contributed by atoms with Crippen molar-refractivity contribution in [3.8, 4) is 0 Å². The van der Waals surface area contributed by atoms with Gasteiger partial charge < -0.3 is 4.57 Å². The van der Waals surface area contributed by atoms with Crippen LogP contribution in [0.5, 0.6) is 0 Å². The number of aromatic nitrogens is 6. The molecule has 74 valence electrons. The molecule has 0 unspecified atom stereocenters. The molecule has 0 spiro atoms. The first-order valence-corrected chi connectivity index (χ1v) is 4.56. The minimum Gasteiger partial charge on any atom is -0.323 e. The minimum absolute atomic E-state index is 0.580. The largest absolute Gasteiger partial charge is 0.323 e. The van der Waals surface area contributed by atoms with E-state index in [4.69, 9.17) is 0 Å². The second kappa shape index (κ2) is 3.16. The second-order valence-corrected chi connectivity index (χ2v) is 3.19. The summed E-state index contributed by atoms with van der Waals surface area (Å²) in [5.74, 6) is 0.651. The number of imidazole rings is 1. The highest BCUT2D eigenvalue weighted by Gasteiger charge is 2.04. The number of benzene rings is 1. The molecule has 0 amide bonds. The zero-order valence-electron chi connectivity index (χ0n) is 7.83. The van der Waals surface area contributed by atoms with E-state index in [0.717, 1.165) is 11.0 Å². The number of hydrogen-bond acceptors (Lipinski definition) is 4. The van der Waals surface area contributed by atoms with Crippen LogP contribution in [-0.2, 0) is 6.54 Å². The number of aromatic amines is 1. The zero-order chi connectivity index (χ0) is 10.1. The number of nitrogens with one attached hydrogen (secondary N) is 1. The van der Waals surface area contributed by atoms with Crippen LogP contribution in [0.4, 0.5) is 0 Å². The first-order valence-electron chi connectivity index (χ1n) is 4.56. The highest BCUT2D eigenvalue weighted by atomic mass is 15.5. The molecule has 0 bridgehead atoms. The van der Waals surface area contributed by atoms with Crippen LogP contribution >= 0.6 is 0 Å². The van der Waals surface area contributed by atoms with E-state index >= 15 is 0 Å². The summed E-state index contributed by atoms with van der Waals surface area (Å²) in [5.41, 5.74) is 2.04. The molecule has 2 aromatic heterocycles. The molecule has 0 radical (unpaired) electrons. The fourth-order valence-electron chi connectivity index (χ4n) is 1.54. The molecular formula is C9H8N6. The van der Waals surface area contributed by atoms with Gasteiger partial charge in [0, 0.05) is 0 Å². The molecule has 1 aromatic carbocycles. The minimum atomic E-state index is 0.580. The van der Waals surface area contributed by atoms with Crippen LogP contribution < -0.4 is 0 Å². The second-order valence-electron chi connectivity index (χ2n) is 3.19. The molecule has 0 saturated carbocycles. The predicted octanol–water partition coefficient (Wildman–Crippen LogP) is 0.598. The van der Waals surface area contributed by atoms with Crippen molar-refractivity contribution in [1.82, 2.24) is 30.2 Å². The van der Waals surface area contributed by atoms with E-state index in [0.29, 0.717) is 12.4 Å². The third-order valence-corrected chi connectivity index (χ3v) is 2.23. The van der Waals surface area contributed by atoms with Crippen molar-refractivity contribution in [2.24, 2.45) is 0 Å². The number of H-pyrrole nitrogens is 1. The molecule has 0 fully saturated rings. The molecule has 0 atom stereocenters. The van der Waals surface area contributed by atoms with Crippen molar-refractivity contribution in [3.05, 3.63) is 36.4 Å². The zero-order valence-corrected chi connectivity index (χ0v) is 7.83. The van der Waals surface area contributed by atoms with E-state index in [1.807, 2.05) is 28.8 Å². The number of nitrogens with zero attached hydrogens (tertiary/aromatic N) is 5. The van der Waals surface area contributed by atoms with E-state index in [2.05, 4.69) is 25.6 Å². The van der Waals surface area contributed by atoms with Crippen LogP contribution in [0.2, 0.25) is 0 Å². The van der Waals surface area contributed by atoms with Crippen molar-refractivity contribution in [1.29, 1.82) is 0 Å². The van der Waals surface area contributed by atoms with Gasteiger partial charge in [0.1, 0.15) is 0 Å². The highest BCUT2D eigenvalue weighted by molar-refractivity contribution is 5.74. The molecule has 1 N–H and O–H groups in total. The Morgan fingerprint density at radius 2 is 2.20 bits per heavy atom. The van der Waals surface area contributed by atoms with Gasteiger partial charge in [0.25, 0.3) is 0 Å². The number of hydrogen-bond donors (Lipinski definition) is 1. The number of rotatable bonds is 2. The van der Waals surface area contributed by atoms with Gasteiger partial charge in [-0.2, -0.15) is 5.21 Å². The average Bonchev–Trinajstić information content (AvgIpc) is 2.89. The van der Waals surface area contributed by atoms with Gasteiger partial charge in [-0.1, -0.05) is 17.3 Å². The summed E-state index contributed by atoms with van der Waals surface area (Å²) < 4.78 is 1.99. The quantitative estimate of drug-likeness (QED) is 0.657. The Bertz CT molecular complexity index is 567. The van der Waals surface area contributed by atoms with Crippen molar-refractivity contribution in [2.75, 3.05) is 0 Å². The van der Waals surface area contributed by atoms with Gasteiger partial charge in [-0.05, 0) is 12.1 Å². The molecule has 0 aliphatic heterocycles. The smallest absolute Gasteiger partial charge is 0.194 e. The first-order chi connectivity index (χ1) is 7.43. The van der Waals surface area contributed by atoms with Crippen LogP contribution in [0.15, 0.2) is 30.6 Å². The fraction of sp³-hybridized carbons (Fsp3) is 0.111. The summed E-state index contributed by atoms with van der Waals surface area (Å²) in [7, 11) is 0. The van der Waals surface area contributed by atoms with Crippen molar-refractivity contribution in [2.45, 2.75) is 6.54 Å². The van der Waals surface area contributed by atoms with E-state index in [1.54, 1.807) is 6.33 Å². The Balaban J connectivity index is 2.05. The summed E-state index contributed by atoms with van der Waals surface area (Å²) in [4.78, 5) is 4.28. The van der Waals surface area contributed by atoms with Gasteiger partial charge in [-0.25, -0.2) is 4.98 Å². The number of fused-ring (bicyclic) bond motifs is 1. The van der Waals surface area contributed by atoms with Crippen molar-refractivity contribution >= 4 is 11.0 Å². The fourth-order valence-corrected chi connectivity index (χ4v) is 1.54. The Morgan fingerprint density at radius 3 is 3.07 bits per heavy atom. The van der Waals surface area contributed by atoms with Gasteiger partial charge in [-0.15, -0.1) is 10.2 Å². The van der Waals surface area contributed by atoms with Crippen LogP contribution in [0, 0.1) is 0 Å². The van der Waals surface area contributed by atoms with Crippen LogP contribution in [0.1, 0.15) is 5.82 Å². The Hall–Kier alpha value is -2.24. The maximum Gasteiger partial charge on any atom is 0.194 e. The highest BCUT2D eigenvalue weighted by Crippen LogP contribution is 2.12. The lowest BCUT2D eigenvalue weighted by molar-refractivity contribution is 0.766. The summed E-state index contributed by atoms with van der Waals surface area (Å²) >= 11 is 0. The van der Waals surface area contributed by atoms with E-state index in [9.17, 15) is 0 Å². The molecule has 0 saturated heterocycles. The van der Waals surface area contributed by atoms with Crippen molar-refractivity contribution in [3.63, 3.8) is 0 Å². The SMILES string of the molecule is c1ccc2c(c1)ncn2Cc1nn[nH]n1. The van der Waals surface area contributed by atoms with Gasteiger partial charge in [-0.3, -0.25) is 0 Å². The topological polar surface area (TPSA) is 72.3 Å². The number of para-hydroxylation sites is 2. The van der Waals surface area contributed by atoms with Gasteiger partial charge in [0.15, 0.2) is 5.82 Å². The van der Waals surface area contributed by atoms with Gasteiger partial charge in [0.2, 0.25) is 0 Å². The summed E-state index contributed by atoms with van der Waals surface area (Å²) in [5, 5.41) is 13.7. The number of tetrazole rings is 1. The van der Waals surface area contributed by atoms with Crippen LogP contribution in [0.25, 0.3) is 11.0 Å². The molecule has 0 aliphatic carbocycles. The summed E-state index contributed by atoms with van der Waals surface area (Å²) in [6, 6.07) is 7.94. The lowest BCUT2D eigenvalue weighted by Crippen LogP contribution is -1.99. The van der Waals surface area contributed by atoms with Crippen LogP contribution in [0.3, 0.4) is 0 Å². The van der Waals surface area contributed by atoms with Crippen LogP contribution in [-0.4, -0.2) is 30.2 Å². The first kappa shape index (κ1) is 8.10. The lowest BCUT2D eigenvalue weighted by Gasteiger charge is -1.98. The Kier molecular flexibility index (Phi) is 1.71. The molecule has 6 nitrogen and oxygen atoms in total. The van der Waals surface area contributed by atoms with Crippen molar-refractivity contribution < 1.29 is 0 Å². The maximum absolute atomic E-state index is 4.28. The molecule has 2 heterocycles. The molecule has 0 aliphatic rings. The average molecular weight is 200 g/mol. The van der Waals surface area contributed by atoms with E-state index in [-0.39, 0.29) is 0 Å². The monoisotopic (exact) mass is 200 g/mol. The third kappa shape index (κ3) is 1.35. The predicted molar refractivity (Wildman–Crippen MR) is 53.0 cm³/mol. The lowest BCUT2D eigenvalue weighted by atomic mass is 10.3. The molecule has 6 heteroatoms. The molecule has 3 aromatic rings. The Morgan fingerprint density at radius 1 is 1.27 bits per heavy atom. The maximum atomic E-state index is 4.28.